The van der Waals surface area contributed by atoms with Gasteiger partial charge in [-0.15, -0.1) is 0 Å². The number of Topliss-reactive ketones (excluding diaryl/α,β-unsaturated/α-hetero) is 1. The fourth-order valence-corrected chi connectivity index (χ4v) is 4.59. The molecule has 0 amide bonds. The molecule has 6 nitrogen and oxygen atoms in total. The molecule has 31 heavy (non-hydrogen) atoms. The van der Waals surface area contributed by atoms with Crippen LogP contribution in [-0.4, -0.2) is 37.1 Å². The molecule has 1 heterocycles. The summed E-state index contributed by atoms with van der Waals surface area (Å²) in [6, 6.07) is 19.6. The van der Waals surface area contributed by atoms with Crippen molar-refractivity contribution in [3.8, 4) is 0 Å². The van der Waals surface area contributed by atoms with Crippen molar-refractivity contribution in [2.45, 2.75) is 31.7 Å². The first-order valence-corrected chi connectivity index (χ1v) is 11.6. The third kappa shape index (κ3) is 5.70. The number of rotatable bonds is 9. The van der Waals surface area contributed by atoms with E-state index in [4.69, 9.17) is 4.74 Å². The van der Waals surface area contributed by atoms with Crippen LogP contribution in [0.3, 0.4) is 0 Å². The third-order valence-electron chi connectivity index (χ3n) is 5.10. The van der Waals surface area contributed by atoms with E-state index in [0.717, 1.165) is 17.0 Å². The van der Waals surface area contributed by atoms with Gasteiger partial charge in [-0.3, -0.25) is 9.59 Å². The summed E-state index contributed by atoms with van der Waals surface area (Å²) in [5, 5.41) is 0. The number of aromatic nitrogens is 1. The van der Waals surface area contributed by atoms with Gasteiger partial charge in [-0.1, -0.05) is 48.5 Å². The lowest BCUT2D eigenvalue weighted by atomic mass is 10.1. The van der Waals surface area contributed by atoms with Crippen LogP contribution in [0.25, 0.3) is 0 Å². The maximum atomic E-state index is 12.6. The lowest BCUT2D eigenvalue weighted by molar-refractivity contribution is -0.142. The maximum Gasteiger partial charge on any atom is 0.307 e. The minimum absolute atomic E-state index is 0.157. The SMILES string of the molecule is Cc1cc(C(=O)COC(=O)CCS(=O)(=O)c2ccccc2)c(C)n1Cc1ccccc1. The van der Waals surface area contributed by atoms with E-state index in [9.17, 15) is 18.0 Å². The van der Waals surface area contributed by atoms with E-state index >= 15 is 0 Å². The molecular formula is C24H25NO5S. The molecule has 0 aliphatic carbocycles. The van der Waals surface area contributed by atoms with E-state index < -0.39 is 22.4 Å². The van der Waals surface area contributed by atoms with Crippen molar-refractivity contribution in [2.75, 3.05) is 12.4 Å². The van der Waals surface area contributed by atoms with Gasteiger partial charge in [-0.25, -0.2) is 8.42 Å². The average molecular weight is 440 g/mol. The van der Waals surface area contributed by atoms with Gasteiger partial charge in [0.1, 0.15) is 0 Å². The fourth-order valence-electron chi connectivity index (χ4n) is 3.35. The first kappa shape index (κ1) is 22.5. The summed E-state index contributed by atoms with van der Waals surface area (Å²) < 4.78 is 31.6. The van der Waals surface area contributed by atoms with Gasteiger partial charge in [0.2, 0.25) is 5.78 Å². The number of ketones is 1. The van der Waals surface area contributed by atoms with Gasteiger partial charge < -0.3 is 9.30 Å². The van der Waals surface area contributed by atoms with Gasteiger partial charge in [0, 0.05) is 23.5 Å². The van der Waals surface area contributed by atoms with Gasteiger partial charge in [0.15, 0.2) is 16.4 Å². The van der Waals surface area contributed by atoms with Gasteiger partial charge >= 0.3 is 5.97 Å². The number of benzene rings is 2. The van der Waals surface area contributed by atoms with E-state index in [0.29, 0.717) is 12.1 Å². The van der Waals surface area contributed by atoms with Crippen LogP contribution in [0.15, 0.2) is 71.6 Å². The van der Waals surface area contributed by atoms with Crippen LogP contribution in [0, 0.1) is 13.8 Å². The highest BCUT2D eigenvalue weighted by molar-refractivity contribution is 7.91. The normalized spacial score (nSPS) is 11.3. The fraction of sp³-hybridized carbons (Fsp3) is 0.250. The second kappa shape index (κ2) is 9.75. The van der Waals surface area contributed by atoms with Crippen LogP contribution in [-0.2, 0) is 25.9 Å². The second-order valence-corrected chi connectivity index (χ2v) is 9.43. The summed E-state index contributed by atoms with van der Waals surface area (Å²) in [5.41, 5.74) is 3.35. The van der Waals surface area contributed by atoms with Crippen molar-refractivity contribution >= 4 is 21.6 Å². The molecular weight excluding hydrogens is 414 g/mol. The van der Waals surface area contributed by atoms with Crippen LogP contribution < -0.4 is 0 Å². The maximum absolute atomic E-state index is 12.6. The van der Waals surface area contributed by atoms with Crippen LogP contribution in [0.1, 0.15) is 33.7 Å². The van der Waals surface area contributed by atoms with Crippen molar-refractivity contribution in [1.82, 2.24) is 4.57 Å². The minimum atomic E-state index is -3.57. The number of ether oxygens (including phenoxy) is 1. The predicted octanol–water partition coefficient (Wildman–Crippen LogP) is 3.74. The Balaban J connectivity index is 1.57. The molecule has 0 saturated heterocycles. The Kier molecular flexibility index (Phi) is 7.07. The molecule has 0 aliphatic rings. The molecule has 0 saturated carbocycles. The smallest absolute Gasteiger partial charge is 0.307 e. The minimum Gasteiger partial charge on any atom is -0.457 e. The highest BCUT2D eigenvalue weighted by Crippen LogP contribution is 2.18. The number of aryl methyl sites for hydroxylation is 1. The second-order valence-electron chi connectivity index (χ2n) is 7.32. The first-order valence-electron chi connectivity index (χ1n) is 9.95. The van der Waals surface area contributed by atoms with Gasteiger partial charge in [-0.05, 0) is 37.6 Å². The third-order valence-corrected chi connectivity index (χ3v) is 6.83. The number of esters is 1. The van der Waals surface area contributed by atoms with Crippen molar-refractivity contribution < 1.29 is 22.7 Å². The van der Waals surface area contributed by atoms with E-state index in [1.165, 1.54) is 12.1 Å². The molecule has 162 valence electrons. The Morgan fingerprint density at radius 2 is 1.55 bits per heavy atom. The molecule has 1 aromatic heterocycles. The zero-order valence-corrected chi connectivity index (χ0v) is 18.4. The molecule has 0 radical (unpaired) electrons. The largest absolute Gasteiger partial charge is 0.457 e. The lowest BCUT2D eigenvalue weighted by Gasteiger charge is -2.10. The number of sulfone groups is 1. The Labute approximate surface area is 182 Å². The molecule has 0 aliphatic heterocycles. The van der Waals surface area contributed by atoms with E-state index in [1.54, 1.807) is 24.3 Å². The molecule has 0 fully saturated rings. The van der Waals surface area contributed by atoms with Crippen molar-refractivity contribution in [3.05, 3.63) is 89.2 Å². The van der Waals surface area contributed by atoms with Crippen molar-refractivity contribution in [3.63, 3.8) is 0 Å². The molecule has 0 unspecified atom stereocenters. The molecule has 0 spiro atoms. The Morgan fingerprint density at radius 1 is 0.935 bits per heavy atom. The summed E-state index contributed by atoms with van der Waals surface area (Å²) in [6.07, 6.45) is -0.308. The van der Waals surface area contributed by atoms with Crippen molar-refractivity contribution in [1.29, 1.82) is 0 Å². The van der Waals surface area contributed by atoms with Crippen molar-refractivity contribution in [2.24, 2.45) is 0 Å². The lowest BCUT2D eigenvalue weighted by Crippen LogP contribution is -2.18. The quantitative estimate of drug-likeness (QED) is 0.375. The highest BCUT2D eigenvalue weighted by Gasteiger charge is 2.20. The summed E-state index contributed by atoms with van der Waals surface area (Å²) in [7, 11) is -3.57. The number of hydrogen-bond acceptors (Lipinski definition) is 5. The molecule has 3 aromatic rings. The molecule has 0 atom stereocenters. The van der Waals surface area contributed by atoms with Gasteiger partial charge in [0.05, 0.1) is 17.1 Å². The molecule has 7 heteroatoms. The Bertz CT molecular complexity index is 1170. The highest BCUT2D eigenvalue weighted by atomic mass is 32.2. The van der Waals surface area contributed by atoms with E-state index in [1.807, 2.05) is 48.7 Å². The zero-order valence-electron chi connectivity index (χ0n) is 17.6. The number of nitrogens with zero attached hydrogens (tertiary/aromatic N) is 1. The van der Waals surface area contributed by atoms with E-state index in [2.05, 4.69) is 0 Å². The summed E-state index contributed by atoms with van der Waals surface area (Å²) in [6.45, 7) is 4.01. The van der Waals surface area contributed by atoms with Gasteiger partial charge in [-0.2, -0.15) is 0 Å². The topological polar surface area (TPSA) is 82.4 Å². The Morgan fingerprint density at radius 3 is 2.19 bits per heavy atom. The average Bonchev–Trinajstić information content (AvgIpc) is 3.06. The molecule has 3 rings (SSSR count). The number of carbonyl (C=O) groups excluding carboxylic acids is 2. The standard InChI is InChI=1S/C24H25NO5S/c1-18-15-22(19(2)25(18)16-20-9-5-3-6-10-20)23(26)17-30-24(27)13-14-31(28,29)21-11-7-4-8-12-21/h3-12,15H,13-14,16-17H2,1-2H3. The molecule has 0 bridgehead atoms. The van der Waals surface area contributed by atoms with Crippen LogP contribution in [0.2, 0.25) is 0 Å². The first-order chi connectivity index (χ1) is 14.8. The van der Waals surface area contributed by atoms with Crippen LogP contribution in [0.5, 0.6) is 0 Å². The van der Waals surface area contributed by atoms with Crippen LogP contribution >= 0.6 is 0 Å². The van der Waals surface area contributed by atoms with Crippen LogP contribution in [0.4, 0.5) is 0 Å². The summed E-state index contributed by atoms with van der Waals surface area (Å²) in [4.78, 5) is 24.8. The molecule has 2 aromatic carbocycles. The predicted molar refractivity (Wildman–Crippen MR) is 118 cm³/mol. The molecule has 0 N–H and O–H groups in total. The zero-order chi connectivity index (χ0) is 22.4. The van der Waals surface area contributed by atoms with E-state index in [-0.39, 0.29) is 22.9 Å². The summed E-state index contributed by atoms with van der Waals surface area (Å²) in [5.74, 6) is -1.40. The Hall–Kier alpha value is -3.19. The van der Waals surface area contributed by atoms with Gasteiger partial charge in [0.25, 0.3) is 0 Å². The summed E-state index contributed by atoms with van der Waals surface area (Å²) >= 11 is 0. The number of hydrogen-bond donors (Lipinski definition) is 0. The monoisotopic (exact) mass is 439 g/mol. The number of carbonyl (C=O) groups is 2.